The van der Waals surface area contributed by atoms with E-state index in [4.69, 9.17) is 4.74 Å². The van der Waals surface area contributed by atoms with Crippen LogP contribution < -0.4 is 10.1 Å². The van der Waals surface area contributed by atoms with Crippen molar-refractivity contribution in [2.24, 2.45) is 7.05 Å². The monoisotopic (exact) mass is 458 g/mol. The van der Waals surface area contributed by atoms with Gasteiger partial charge < -0.3 is 14.6 Å². The van der Waals surface area contributed by atoms with Crippen LogP contribution in [0.3, 0.4) is 0 Å². The fourth-order valence-electron chi connectivity index (χ4n) is 2.41. The van der Waals surface area contributed by atoms with Crippen LogP contribution in [-0.4, -0.2) is 26.4 Å². The van der Waals surface area contributed by atoms with Gasteiger partial charge in [-0.25, -0.2) is 8.78 Å². The van der Waals surface area contributed by atoms with Gasteiger partial charge in [0.15, 0.2) is 11.0 Å². The van der Waals surface area contributed by atoms with E-state index in [0.717, 1.165) is 36.0 Å². The van der Waals surface area contributed by atoms with E-state index in [2.05, 4.69) is 15.5 Å². The van der Waals surface area contributed by atoms with Gasteiger partial charge in [-0.2, -0.15) is 13.2 Å². The minimum atomic E-state index is -4.48. The number of hydrogen-bond acceptors (Lipinski definition) is 5. The van der Waals surface area contributed by atoms with E-state index < -0.39 is 29.3 Å². The normalized spacial score (nSPS) is 11.4. The zero-order valence-corrected chi connectivity index (χ0v) is 16.7. The Kier molecular flexibility index (Phi) is 6.78. The first-order chi connectivity index (χ1) is 14.6. The van der Waals surface area contributed by atoms with Crippen molar-refractivity contribution < 1.29 is 31.5 Å². The number of amides is 1. The van der Waals surface area contributed by atoms with Crippen molar-refractivity contribution in [1.29, 1.82) is 0 Å². The summed E-state index contributed by atoms with van der Waals surface area (Å²) < 4.78 is 71.7. The van der Waals surface area contributed by atoms with E-state index in [-0.39, 0.29) is 23.8 Å². The van der Waals surface area contributed by atoms with Crippen LogP contribution in [0.5, 0.6) is 5.75 Å². The maximum atomic E-state index is 13.6. The molecule has 0 aliphatic rings. The average molecular weight is 458 g/mol. The van der Waals surface area contributed by atoms with Crippen LogP contribution in [-0.2, 0) is 24.6 Å². The Hall–Kier alpha value is -3.15. The van der Waals surface area contributed by atoms with Crippen molar-refractivity contribution in [3.63, 3.8) is 0 Å². The number of anilines is 1. The second-order valence-electron chi connectivity index (χ2n) is 6.23. The van der Waals surface area contributed by atoms with E-state index in [1.807, 2.05) is 0 Å². The van der Waals surface area contributed by atoms with Crippen LogP contribution in [0.1, 0.15) is 11.4 Å². The maximum absolute atomic E-state index is 13.6. The van der Waals surface area contributed by atoms with Gasteiger partial charge in [0.1, 0.15) is 24.0 Å². The van der Waals surface area contributed by atoms with Crippen molar-refractivity contribution in [2.45, 2.75) is 17.9 Å². The molecule has 0 aliphatic heterocycles. The summed E-state index contributed by atoms with van der Waals surface area (Å²) in [4.78, 5) is 12.0. The summed E-state index contributed by atoms with van der Waals surface area (Å²) in [6.45, 7) is -0.141. The number of alkyl halides is 3. The second-order valence-corrected chi connectivity index (χ2v) is 7.18. The first kappa shape index (κ1) is 22.5. The van der Waals surface area contributed by atoms with Crippen molar-refractivity contribution >= 4 is 23.4 Å². The molecule has 3 rings (SSSR count). The number of aromatic nitrogens is 3. The number of ether oxygens (including phenoxy) is 1. The Balaban J connectivity index is 1.56. The number of halogens is 5. The molecule has 31 heavy (non-hydrogen) atoms. The van der Waals surface area contributed by atoms with Crippen LogP contribution in [0.4, 0.5) is 27.6 Å². The summed E-state index contributed by atoms with van der Waals surface area (Å²) in [6, 6.07) is 7.22. The molecule has 0 aliphatic carbocycles. The summed E-state index contributed by atoms with van der Waals surface area (Å²) in [5.74, 6) is -1.98. The molecule has 0 saturated heterocycles. The predicted molar refractivity (Wildman–Crippen MR) is 102 cm³/mol. The highest BCUT2D eigenvalue weighted by molar-refractivity contribution is 7.99. The van der Waals surface area contributed by atoms with Crippen molar-refractivity contribution in [3.05, 3.63) is 65.5 Å². The van der Waals surface area contributed by atoms with Crippen LogP contribution >= 0.6 is 11.8 Å². The topological polar surface area (TPSA) is 69.0 Å². The van der Waals surface area contributed by atoms with Gasteiger partial charge in [-0.05, 0) is 30.3 Å². The molecular weight excluding hydrogens is 443 g/mol. The molecule has 164 valence electrons. The smallest absolute Gasteiger partial charge is 0.416 e. The summed E-state index contributed by atoms with van der Waals surface area (Å²) in [7, 11) is 1.60. The minimum absolute atomic E-state index is 0.0210. The van der Waals surface area contributed by atoms with Gasteiger partial charge in [-0.1, -0.05) is 17.8 Å². The van der Waals surface area contributed by atoms with E-state index >= 15 is 0 Å². The second kappa shape index (κ2) is 9.33. The van der Waals surface area contributed by atoms with Crippen molar-refractivity contribution in [3.8, 4) is 5.75 Å². The summed E-state index contributed by atoms with van der Waals surface area (Å²) in [5.41, 5.74) is -0.983. The Bertz CT molecular complexity index is 1090. The van der Waals surface area contributed by atoms with Gasteiger partial charge in [0, 0.05) is 13.1 Å². The fraction of sp³-hybridized carbons (Fsp3) is 0.211. The van der Waals surface area contributed by atoms with Crippen LogP contribution in [0, 0.1) is 11.6 Å². The fourth-order valence-corrected chi connectivity index (χ4v) is 3.14. The highest BCUT2D eigenvalue weighted by Crippen LogP contribution is 2.31. The predicted octanol–water partition coefficient (Wildman–Crippen LogP) is 4.42. The molecule has 0 radical (unpaired) electrons. The first-order valence-electron chi connectivity index (χ1n) is 8.69. The highest BCUT2D eigenvalue weighted by atomic mass is 32.2. The summed E-state index contributed by atoms with van der Waals surface area (Å²) in [6.07, 6.45) is -4.48. The van der Waals surface area contributed by atoms with Crippen molar-refractivity contribution in [1.82, 2.24) is 14.8 Å². The van der Waals surface area contributed by atoms with E-state index in [9.17, 15) is 26.7 Å². The molecule has 1 N–H and O–H groups in total. The molecule has 12 heteroatoms. The van der Waals surface area contributed by atoms with E-state index in [0.29, 0.717) is 17.0 Å². The largest absolute Gasteiger partial charge is 0.486 e. The lowest BCUT2D eigenvalue weighted by Gasteiger charge is -2.10. The lowest BCUT2D eigenvalue weighted by atomic mass is 10.2. The van der Waals surface area contributed by atoms with Gasteiger partial charge >= 0.3 is 6.18 Å². The first-order valence-corrected chi connectivity index (χ1v) is 9.68. The van der Waals surface area contributed by atoms with E-state index in [1.54, 1.807) is 7.05 Å². The Morgan fingerprint density at radius 3 is 2.65 bits per heavy atom. The van der Waals surface area contributed by atoms with Gasteiger partial charge in [0.25, 0.3) is 0 Å². The molecule has 2 aromatic carbocycles. The molecule has 0 atom stereocenters. The molecule has 1 amide bonds. The zero-order chi connectivity index (χ0) is 22.6. The molecule has 3 aromatic rings. The quantitative estimate of drug-likeness (QED) is 0.419. The molecule has 0 fully saturated rings. The van der Waals surface area contributed by atoms with E-state index in [1.165, 1.54) is 16.7 Å². The zero-order valence-electron chi connectivity index (χ0n) is 15.9. The maximum Gasteiger partial charge on any atom is 0.416 e. The van der Waals surface area contributed by atoms with Gasteiger partial charge in [-0.3, -0.25) is 4.79 Å². The molecule has 0 unspecified atom stereocenters. The number of carbonyl (C=O) groups excluding carboxylic acids is 1. The molecule has 0 saturated carbocycles. The SMILES string of the molecule is Cn1c(COc2cccc(C(F)(F)F)c2)nnc1SCC(=O)Nc1ccc(F)cc1F. The minimum Gasteiger partial charge on any atom is -0.486 e. The van der Waals surface area contributed by atoms with Crippen LogP contribution in [0.15, 0.2) is 47.6 Å². The Morgan fingerprint density at radius 1 is 1.16 bits per heavy atom. The standard InChI is InChI=1S/C19H15F5N4O2S/c1-28-16(9-30-13-4-2-3-11(7-13)19(22,23)24)26-27-18(28)31-10-17(29)25-15-6-5-12(20)8-14(15)21/h2-8H,9-10H2,1H3,(H,25,29). The van der Waals surface area contributed by atoms with Crippen LogP contribution in [0.2, 0.25) is 0 Å². The third kappa shape index (κ3) is 5.94. The third-order valence-corrected chi connectivity index (χ3v) is 5.01. The number of nitrogens with zero attached hydrogens (tertiary/aromatic N) is 3. The number of rotatable bonds is 7. The molecule has 1 heterocycles. The molecule has 0 spiro atoms. The highest BCUT2D eigenvalue weighted by Gasteiger charge is 2.30. The molecular formula is C19H15F5N4O2S. The molecule has 1 aromatic heterocycles. The average Bonchev–Trinajstić information content (AvgIpc) is 3.06. The number of nitrogens with one attached hydrogen (secondary N) is 1. The lowest BCUT2D eigenvalue weighted by molar-refractivity contribution is -0.137. The number of carbonyl (C=O) groups is 1. The summed E-state index contributed by atoms with van der Waals surface area (Å²) in [5, 5.41) is 10.5. The molecule has 0 bridgehead atoms. The van der Waals surface area contributed by atoms with Gasteiger partial charge in [0.2, 0.25) is 5.91 Å². The summed E-state index contributed by atoms with van der Waals surface area (Å²) >= 11 is 1.01. The Labute approximate surface area is 177 Å². The molecule has 6 nitrogen and oxygen atoms in total. The lowest BCUT2D eigenvalue weighted by Crippen LogP contribution is -2.15. The number of benzene rings is 2. The Morgan fingerprint density at radius 2 is 1.94 bits per heavy atom. The number of thioether (sulfide) groups is 1. The van der Waals surface area contributed by atoms with Crippen LogP contribution in [0.25, 0.3) is 0 Å². The van der Waals surface area contributed by atoms with Crippen molar-refractivity contribution in [2.75, 3.05) is 11.1 Å². The third-order valence-electron chi connectivity index (χ3n) is 3.99. The van der Waals surface area contributed by atoms with Gasteiger partial charge in [-0.15, -0.1) is 10.2 Å². The van der Waals surface area contributed by atoms with Gasteiger partial charge in [0.05, 0.1) is 17.0 Å². The number of hydrogen-bond donors (Lipinski definition) is 1.